The molecule has 158 valence electrons. The second-order valence-corrected chi connectivity index (χ2v) is 9.24. The molecular formula is C25H25N3O3. The van der Waals surface area contributed by atoms with Crippen LogP contribution < -0.4 is 5.32 Å². The van der Waals surface area contributed by atoms with E-state index >= 15 is 0 Å². The van der Waals surface area contributed by atoms with Gasteiger partial charge in [0, 0.05) is 23.8 Å². The molecule has 0 aliphatic carbocycles. The summed E-state index contributed by atoms with van der Waals surface area (Å²) in [6, 6.07) is 15.8. The van der Waals surface area contributed by atoms with Crippen molar-refractivity contribution in [1.29, 1.82) is 0 Å². The first-order chi connectivity index (χ1) is 15.0. The van der Waals surface area contributed by atoms with Gasteiger partial charge in [-0.15, -0.1) is 0 Å². The summed E-state index contributed by atoms with van der Waals surface area (Å²) >= 11 is 0. The summed E-state index contributed by atoms with van der Waals surface area (Å²) in [4.78, 5) is 44.4. The number of amides is 3. The second-order valence-electron chi connectivity index (χ2n) is 9.24. The van der Waals surface area contributed by atoms with Crippen LogP contribution in [0.3, 0.4) is 0 Å². The molecule has 1 spiro atoms. The van der Waals surface area contributed by atoms with Crippen LogP contribution in [0.1, 0.15) is 29.5 Å². The third kappa shape index (κ3) is 2.34. The van der Waals surface area contributed by atoms with Gasteiger partial charge in [-0.2, -0.15) is 0 Å². The second kappa shape index (κ2) is 6.50. The molecule has 4 heterocycles. The number of nitrogens with one attached hydrogen (secondary N) is 1. The van der Waals surface area contributed by atoms with Crippen LogP contribution in [0, 0.1) is 18.8 Å². The van der Waals surface area contributed by atoms with E-state index in [1.54, 1.807) is 0 Å². The van der Waals surface area contributed by atoms with E-state index in [9.17, 15) is 14.4 Å². The maximum Gasteiger partial charge on any atom is 0.250 e. The molecule has 6 nitrogen and oxygen atoms in total. The molecule has 4 aliphatic heterocycles. The fourth-order valence-corrected chi connectivity index (χ4v) is 6.48. The van der Waals surface area contributed by atoms with Gasteiger partial charge >= 0.3 is 0 Å². The Kier molecular flexibility index (Phi) is 3.93. The maximum absolute atomic E-state index is 13.7. The summed E-state index contributed by atoms with van der Waals surface area (Å²) in [6.45, 7) is 3.10. The number of hydrogen-bond donors (Lipinski definition) is 1. The third-order valence-electron chi connectivity index (χ3n) is 7.71. The summed E-state index contributed by atoms with van der Waals surface area (Å²) in [5.74, 6) is -1.54. The minimum atomic E-state index is -1.07. The van der Waals surface area contributed by atoms with Crippen molar-refractivity contribution in [3.8, 4) is 0 Å². The Labute approximate surface area is 181 Å². The van der Waals surface area contributed by atoms with Crippen molar-refractivity contribution in [3.63, 3.8) is 0 Å². The molecule has 2 aromatic carbocycles. The minimum Gasteiger partial charge on any atom is -0.324 e. The Balaban J connectivity index is 1.43. The monoisotopic (exact) mass is 415 g/mol. The predicted octanol–water partition coefficient (Wildman–Crippen LogP) is 2.46. The lowest BCUT2D eigenvalue weighted by atomic mass is 9.75. The lowest BCUT2D eigenvalue weighted by Crippen LogP contribution is -2.54. The van der Waals surface area contributed by atoms with Crippen LogP contribution in [-0.4, -0.2) is 46.7 Å². The van der Waals surface area contributed by atoms with E-state index in [-0.39, 0.29) is 23.8 Å². The molecule has 3 fully saturated rings. The van der Waals surface area contributed by atoms with Gasteiger partial charge in [0.15, 0.2) is 0 Å². The number of fused-ring (bicyclic) bond motifs is 7. The van der Waals surface area contributed by atoms with Crippen LogP contribution in [-0.2, 0) is 26.3 Å². The van der Waals surface area contributed by atoms with Crippen molar-refractivity contribution in [2.24, 2.45) is 11.8 Å². The van der Waals surface area contributed by atoms with Crippen LogP contribution >= 0.6 is 0 Å². The van der Waals surface area contributed by atoms with Crippen molar-refractivity contribution in [3.05, 3.63) is 65.2 Å². The molecule has 1 N–H and O–H groups in total. The minimum absolute atomic E-state index is 0.0552. The fraction of sp³-hybridized carbons (Fsp3) is 0.400. The van der Waals surface area contributed by atoms with Crippen LogP contribution in [0.25, 0.3) is 0 Å². The Morgan fingerprint density at radius 1 is 1.06 bits per heavy atom. The zero-order chi connectivity index (χ0) is 21.3. The molecule has 3 saturated heterocycles. The van der Waals surface area contributed by atoms with Crippen molar-refractivity contribution in [2.75, 3.05) is 18.4 Å². The molecule has 0 radical (unpaired) electrons. The van der Waals surface area contributed by atoms with Gasteiger partial charge < -0.3 is 5.32 Å². The van der Waals surface area contributed by atoms with Crippen molar-refractivity contribution in [2.45, 2.75) is 37.8 Å². The highest BCUT2D eigenvalue weighted by atomic mass is 16.2. The average molecular weight is 415 g/mol. The van der Waals surface area contributed by atoms with Gasteiger partial charge in [-0.1, -0.05) is 48.0 Å². The molecule has 0 aromatic heterocycles. The number of aryl methyl sites for hydroxylation is 1. The largest absolute Gasteiger partial charge is 0.324 e. The molecule has 31 heavy (non-hydrogen) atoms. The van der Waals surface area contributed by atoms with Crippen LogP contribution in [0.4, 0.5) is 5.69 Å². The number of likely N-dealkylation sites (tertiary alicyclic amines) is 1. The summed E-state index contributed by atoms with van der Waals surface area (Å²) < 4.78 is 0. The zero-order valence-electron chi connectivity index (χ0n) is 17.5. The fourth-order valence-electron chi connectivity index (χ4n) is 6.48. The highest BCUT2D eigenvalue weighted by Gasteiger charge is 2.74. The summed E-state index contributed by atoms with van der Waals surface area (Å²) in [7, 11) is 0. The number of rotatable bonds is 3. The number of carbonyl (C=O) groups is 3. The first-order valence-electron chi connectivity index (χ1n) is 11.1. The Bertz CT molecular complexity index is 1110. The zero-order valence-corrected chi connectivity index (χ0v) is 17.5. The van der Waals surface area contributed by atoms with Crippen molar-refractivity contribution < 1.29 is 14.4 Å². The number of nitrogens with zero attached hydrogens (tertiary/aromatic N) is 2. The summed E-state index contributed by atoms with van der Waals surface area (Å²) in [5, 5.41) is 3.03. The van der Waals surface area contributed by atoms with E-state index in [0.717, 1.165) is 41.8 Å². The number of imide groups is 1. The molecule has 6 heteroatoms. The van der Waals surface area contributed by atoms with E-state index < -0.39 is 17.4 Å². The smallest absolute Gasteiger partial charge is 0.250 e. The predicted molar refractivity (Wildman–Crippen MR) is 115 cm³/mol. The van der Waals surface area contributed by atoms with Crippen LogP contribution in [0.15, 0.2) is 48.5 Å². The molecule has 3 amide bonds. The Hall–Kier alpha value is -2.99. The van der Waals surface area contributed by atoms with E-state index in [0.29, 0.717) is 13.0 Å². The standard InChI is InChI=1S/C25H25N3O3/c1-15-9-10-18-17(14-15)25(24(31)26-18)21-20(19-8-5-12-28(19)25)22(29)27(23(21)30)13-11-16-6-3-2-4-7-16/h2-4,6-7,9-10,14,19-21H,5,8,11-13H2,1H3,(H,26,31). The molecule has 2 aromatic rings. The van der Waals surface area contributed by atoms with Crippen LogP contribution in [0.2, 0.25) is 0 Å². The van der Waals surface area contributed by atoms with Gasteiger partial charge in [0.05, 0.1) is 11.8 Å². The van der Waals surface area contributed by atoms with Gasteiger partial charge in [-0.05, 0) is 44.4 Å². The highest BCUT2D eigenvalue weighted by molar-refractivity contribution is 6.15. The Morgan fingerprint density at radius 3 is 2.68 bits per heavy atom. The highest BCUT2D eigenvalue weighted by Crippen LogP contribution is 2.60. The van der Waals surface area contributed by atoms with Gasteiger partial charge in [-0.25, -0.2) is 0 Å². The van der Waals surface area contributed by atoms with Crippen molar-refractivity contribution in [1.82, 2.24) is 9.80 Å². The molecule has 0 bridgehead atoms. The topological polar surface area (TPSA) is 69.7 Å². The van der Waals surface area contributed by atoms with Gasteiger partial charge in [0.2, 0.25) is 17.7 Å². The van der Waals surface area contributed by atoms with Gasteiger partial charge in [0.1, 0.15) is 5.54 Å². The van der Waals surface area contributed by atoms with Gasteiger partial charge in [-0.3, -0.25) is 24.2 Å². The van der Waals surface area contributed by atoms with Crippen LogP contribution in [0.5, 0.6) is 0 Å². The van der Waals surface area contributed by atoms with E-state index in [1.165, 1.54) is 4.90 Å². The quantitative estimate of drug-likeness (QED) is 0.782. The molecule has 4 atom stereocenters. The maximum atomic E-state index is 13.7. The lowest BCUT2D eigenvalue weighted by molar-refractivity contribution is -0.145. The number of carbonyl (C=O) groups excluding carboxylic acids is 3. The Morgan fingerprint density at radius 2 is 1.87 bits per heavy atom. The first-order valence-corrected chi connectivity index (χ1v) is 11.1. The molecule has 4 unspecified atom stereocenters. The van der Waals surface area contributed by atoms with E-state index in [4.69, 9.17) is 0 Å². The average Bonchev–Trinajstić information content (AvgIpc) is 3.47. The van der Waals surface area contributed by atoms with E-state index in [2.05, 4.69) is 10.2 Å². The number of hydrogen-bond acceptors (Lipinski definition) is 4. The van der Waals surface area contributed by atoms with Gasteiger partial charge in [0.25, 0.3) is 0 Å². The first kappa shape index (κ1) is 18.8. The molecule has 4 aliphatic rings. The SMILES string of the molecule is Cc1ccc2c(c1)C1(C(=O)N2)C2C(=O)N(CCc3ccccc3)C(=O)C2C2CCCN21. The summed E-state index contributed by atoms with van der Waals surface area (Å²) in [6.07, 6.45) is 2.42. The normalized spacial score (nSPS) is 31.3. The number of benzene rings is 2. The third-order valence-corrected chi connectivity index (χ3v) is 7.71. The summed E-state index contributed by atoms with van der Waals surface area (Å²) in [5.41, 5.74) is 2.71. The molecule has 6 rings (SSSR count). The molecule has 0 saturated carbocycles. The number of anilines is 1. The lowest BCUT2D eigenvalue weighted by Gasteiger charge is -2.36. The van der Waals surface area contributed by atoms with E-state index in [1.807, 2.05) is 55.5 Å². The molecular weight excluding hydrogens is 390 g/mol. The van der Waals surface area contributed by atoms with Crippen molar-refractivity contribution >= 4 is 23.4 Å².